The molecular formula is C56H38N4OPt-2. The number of ether oxygens (including phenoxy) is 1. The van der Waals surface area contributed by atoms with E-state index in [-0.39, 0.29) is 21.1 Å². The maximum Gasteiger partial charge on any atom is 0.268 e. The van der Waals surface area contributed by atoms with Gasteiger partial charge in [0.05, 0.1) is 55.1 Å². The first kappa shape index (κ1) is 15.2. The molecule has 11 rings (SSSR count). The molecule has 0 aliphatic heterocycles. The van der Waals surface area contributed by atoms with Crippen LogP contribution in [0.1, 0.15) is 63.2 Å². The first-order valence-electron chi connectivity index (χ1n) is 36.4. The van der Waals surface area contributed by atoms with Crippen molar-refractivity contribution < 1.29 is 82.5 Å². The molecule has 8 aromatic carbocycles. The quantitative estimate of drug-likeness (QED) is 0.112. The minimum atomic E-state index is -3.56. The molecule has 300 valence electrons. The smallest absolute Gasteiger partial charge is 0.268 e. The number of para-hydroxylation sites is 4. The van der Waals surface area contributed by atoms with E-state index in [9.17, 15) is 15.1 Å². The van der Waals surface area contributed by atoms with E-state index in [0.717, 1.165) is 0 Å². The summed E-state index contributed by atoms with van der Waals surface area (Å²) in [6, 6.07) is -28.7. The second-order valence-corrected chi connectivity index (χ2v) is 12.4. The van der Waals surface area contributed by atoms with Crippen LogP contribution >= 0.6 is 0 Å². The van der Waals surface area contributed by atoms with Gasteiger partial charge in [-0.2, -0.15) is 18.1 Å². The minimum absolute atomic E-state index is 0. The predicted octanol–water partition coefficient (Wildman–Crippen LogP) is 13.2. The third-order valence-electron chi connectivity index (χ3n) is 8.92. The molecule has 0 saturated carbocycles. The molecule has 0 bridgehead atoms. The molecule has 0 fully saturated rings. The van der Waals surface area contributed by atoms with E-state index in [1.165, 1.54) is 0 Å². The van der Waals surface area contributed by atoms with Gasteiger partial charge < -0.3 is 13.9 Å². The average molecular weight is 1020 g/mol. The molecule has 0 saturated heterocycles. The number of nitrogens with zero attached hydrogens (tertiary/aromatic N) is 4. The molecule has 0 aliphatic carbocycles. The van der Waals surface area contributed by atoms with Crippen molar-refractivity contribution in [3.8, 4) is 62.1 Å². The largest absolute Gasteiger partial charge is 0.509 e. The maximum atomic E-state index is 10.0. The Hall–Kier alpha value is -7.33. The molecule has 5 nitrogen and oxygen atoms in total. The van der Waals surface area contributed by atoms with Crippen LogP contribution in [0.3, 0.4) is 0 Å². The zero-order valence-corrected chi connectivity index (χ0v) is 32.8. The Labute approximate surface area is 428 Å². The van der Waals surface area contributed by atoms with Crippen molar-refractivity contribution >= 4 is 32.8 Å². The molecule has 0 unspecified atom stereocenters. The summed E-state index contributed by atoms with van der Waals surface area (Å²) in [5, 5.41) is -1.43. The predicted molar refractivity (Wildman–Crippen MR) is 246 cm³/mol. The fraction of sp³-hybridized carbons (Fsp3) is 0.0357. The molecule has 3 heterocycles. The van der Waals surface area contributed by atoms with Gasteiger partial charge in [-0.05, 0) is 73.0 Å². The van der Waals surface area contributed by atoms with Crippen molar-refractivity contribution in [3.05, 3.63) is 223 Å². The minimum Gasteiger partial charge on any atom is -0.509 e. The standard InChI is InChI=1S/C56H38N4O.Pt/c1-38-32-55(57-36-39(38)2)60-50-29-13-12-26-47(50)49-34-48(42-22-10-5-11-23-42)54(35-53(49)60)61-44-25-16-24-43(33-44)58-37-59(52-31-15-14-30-51(52)58)56-45(40-18-6-3-7-19-40)27-17-28-46(56)41-20-8-4-9-21-41;/h3-32,34,36H,1-2H3;/q-2;/i1D3,2D3,3D,4D,5D,6D,7D,8D,9D,10D,11D,12D,13D,14D,15D,16D,17D,18D,19D,20D,21D,22D,23D,24D,25D,26D,27D,28D,29D,30D,31D,32D,34D,36D;. The summed E-state index contributed by atoms with van der Waals surface area (Å²) in [6.45, 7) is -7.02. The van der Waals surface area contributed by atoms with Crippen LogP contribution in [0.2, 0.25) is 0 Å². The summed E-state index contributed by atoms with van der Waals surface area (Å²) in [5.41, 5.74) is -13.6. The fourth-order valence-corrected chi connectivity index (χ4v) is 6.36. The zero-order valence-electron chi connectivity index (χ0n) is 68.5. The molecule has 0 aliphatic rings. The van der Waals surface area contributed by atoms with E-state index in [1.807, 2.05) is 0 Å². The van der Waals surface area contributed by atoms with Gasteiger partial charge in [0.2, 0.25) is 0 Å². The molecule has 3 aromatic heterocycles. The Morgan fingerprint density at radius 3 is 1.89 bits per heavy atom. The molecule has 62 heavy (non-hydrogen) atoms. The van der Waals surface area contributed by atoms with Crippen LogP contribution in [0, 0.1) is 32.2 Å². The zero-order chi connectivity index (χ0) is 73.7. The van der Waals surface area contributed by atoms with Gasteiger partial charge in [-0.15, -0.1) is 23.6 Å². The van der Waals surface area contributed by atoms with Gasteiger partial charge >= 0.3 is 0 Å². The van der Waals surface area contributed by atoms with E-state index in [0.29, 0.717) is 13.7 Å². The van der Waals surface area contributed by atoms with Crippen molar-refractivity contribution in [1.82, 2.24) is 14.1 Å². The molecule has 0 spiro atoms. The van der Waals surface area contributed by atoms with E-state index in [1.54, 1.807) is 0 Å². The van der Waals surface area contributed by atoms with E-state index < -0.39 is 313 Å². The third kappa shape index (κ3) is 6.81. The fourth-order valence-electron chi connectivity index (χ4n) is 6.36. The summed E-state index contributed by atoms with van der Waals surface area (Å²) in [4.78, 5) is 3.98. The maximum absolute atomic E-state index is 10.0. The number of hydrogen-bond acceptors (Lipinski definition) is 2. The Morgan fingerprint density at radius 1 is 0.581 bits per heavy atom. The van der Waals surface area contributed by atoms with Gasteiger partial charge in [0.1, 0.15) is 5.82 Å². The van der Waals surface area contributed by atoms with Crippen molar-refractivity contribution in [2.24, 2.45) is 0 Å². The van der Waals surface area contributed by atoms with Gasteiger partial charge in [0.25, 0.3) is 6.33 Å². The normalized spacial score (nSPS) is 20.3. The van der Waals surface area contributed by atoms with Gasteiger partial charge in [0, 0.05) is 55.2 Å². The van der Waals surface area contributed by atoms with E-state index in [2.05, 4.69) is 23.4 Å². The van der Waals surface area contributed by atoms with Crippen molar-refractivity contribution in [2.75, 3.05) is 0 Å². The monoisotopic (exact) mass is 1020 g/mol. The number of rotatable bonds is 8. The summed E-state index contributed by atoms with van der Waals surface area (Å²) < 4.78 is 346. The topological polar surface area (TPSA) is 35.9 Å². The van der Waals surface area contributed by atoms with Crippen molar-refractivity contribution in [1.29, 1.82) is 0 Å². The van der Waals surface area contributed by atoms with Gasteiger partial charge in [-0.3, -0.25) is 4.57 Å². The molecule has 11 aromatic rings. The SMILES string of the molecule is [2H]c1nc(-n2c3[c-]c(Oc4[c-]c(-n5[c-][n+](-c6c(-c7c([2H])c([2H])c([2H])c([2H])c7[2H])c([2H])c([2H])c([2H])c6-c6c([2H])c([2H])c([2H])c([2H])c6[2H])c6c([2H])c([2H])c([2H])c([2H])c65)c([2H])c([2H])c4[2H])c(-c4c([2H])c([2H])c([2H])c([2H])c4[2H])c([2H])c3c3c([2H])c([2H])c([2H])c([2H])c32)c([2H])c(C([2H])([2H])[2H])c1C([2H])([2H])[2H].[Pt]. The van der Waals surface area contributed by atoms with E-state index in [4.69, 9.17) is 41.7 Å². The van der Waals surface area contributed by atoms with Crippen LogP contribution in [0.4, 0.5) is 0 Å². The van der Waals surface area contributed by atoms with Gasteiger partial charge in [0.15, 0.2) is 0 Å². The average Bonchev–Trinajstić information content (AvgIpc) is 1.48. The van der Waals surface area contributed by atoms with Crippen LogP contribution < -0.4 is 9.30 Å². The molecule has 0 atom stereocenters. The Kier molecular flexibility index (Phi) is 4.00. The third-order valence-corrected chi connectivity index (χ3v) is 8.92. The first-order chi connectivity index (χ1) is 45.8. The number of hydrogen-bond donors (Lipinski definition) is 0. The van der Waals surface area contributed by atoms with Crippen LogP contribution in [-0.4, -0.2) is 14.1 Å². The molecule has 0 amide bonds. The molecule has 0 radical (unpaired) electrons. The van der Waals surface area contributed by atoms with Crippen LogP contribution in [0.5, 0.6) is 11.5 Å². The van der Waals surface area contributed by atoms with Crippen molar-refractivity contribution in [2.45, 2.75) is 13.7 Å². The van der Waals surface area contributed by atoms with Crippen LogP contribution in [0.25, 0.3) is 83.4 Å². The Balaban J connectivity index is 0.0000108. The first-order valence-corrected chi connectivity index (χ1v) is 17.4. The number of benzene rings is 8. The number of pyridine rings is 1. The van der Waals surface area contributed by atoms with Gasteiger partial charge in [-0.1, -0.05) is 168 Å². The summed E-state index contributed by atoms with van der Waals surface area (Å²) in [6.07, 6.45) is 1.30. The van der Waals surface area contributed by atoms with Gasteiger partial charge in [-0.25, -0.2) is 4.98 Å². The summed E-state index contributed by atoms with van der Waals surface area (Å²) in [7, 11) is 0. The van der Waals surface area contributed by atoms with Crippen LogP contribution in [-0.2, 0) is 21.1 Å². The molecule has 6 heteroatoms. The molecule has 0 N–H and O–H groups in total. The summed E-state index contributed by atoms with van der Waals surface area (Å²) in [5.74, 6) is -3.32. The number of aromatic nitrogens is 4. The van der Waals surface area contributed by atoms with Crippen molar-refractivity contribution in [3.63, 3.8) is 0 Å². The Bertz CT molecular complexity index is 5360. The number of imidazole rings is 1. The Morgan fingerprint density at radius 2 is 1.19 bits per heavy atom. The van der Waals surface area contributed by atoms with Crippen LogP contribution in [0.15, 0.2) is 193 Å². The number of fused-ring (bicyclic) bond motifs is 4. The second kappa shape index (κ2) is 16.3. The second-order valence-electron chi connectivity index (χ2n) is 12.4. The summed E-state index contributed by atoms with van der Waals surface area (Å²) >= 11 is 0. The van der Waals surface area contributed by atoms with E-state index >= 15 is 0 Å². The molecular weight excluding hydrogens is 940 g/mol.